The second-order valence-electron chi connectivity index (χ2n) is 12.2. The van der Waals surface area contributed by atoms with Gasteiger partial charge >= 0.3 is 7.82 Å². The third kappa shape index (κ3) is 7.74. The van der Waals surface area contributed by atoms with E-state index in [1.54, 1.807) is 6.08 Å². The molecule has 270 valence electrons. The quantitative estimate of drug-likeness (QED) is 0.158. The van der Waals surface area contributed by atoms with Crippen LogP contribution >= 0.6 is 7.82 Å². The van der Waals surface area contributed by atoms with Crippen LogP contribution in [0.25, 0.3) is 23.5 Å². The summed E-state index contributed by atoms with van der Waals surface area (Å²) in [6, 6.07) is 4.66. The van der Waals surface area contributed by atoms with E-state index in [9.17, 15) is 37.0 Å². The fourth-order valence-electron chi connectivity index (χ4n) is 6.22. The van der Waals surface area contributed by atoms with Crippen molar-refractivity contribution in [2.75, 3.05) is 33.1 Å². The summed E-state index contributed by atoms with van der Waals surface area (Å²) in [4.78, 5) is 38.5. The molecule has 3 heterocycles. The molecule has 1 saturated heterocycles. The Labute approximate surface area is 285 Å². The Morgan fingerprint density at radius 3 is 2.56 bits per heavy atom. The average molecular weight is 739 g/mol. The fraction of sp³-hybridized carbons (Fsp3) is 0.467. The second kappa shape index (κ2) is 14.1. The van der Waals surface area contributed by atoms with Crippen LogP contribution in [0.1, 0.15) is 46.5 Å². The number of halogens is 1. The number of nitrogens with two attached hydrogens (primary N) is 1. The number of aromatic nitrogens is 3. The Balaban J connectivity index is 1.16. The lowest BCUT2D eigenvalue weighted by atomic mass is 9.89. The van der Waals surface area contributed by atoms with Gasteiger partial charge in [-0.3, -0.25) is 18.6 Å². The highest BCUT2D eigenvalue weighted by atomic mass is 32.2. The highest BCUT2D eigenvalue weighted by molar-refractivity contribution is 7.88. The minimum Gasteiger partial charge on any atom is -0.456 e. The van der Waals surface area contributed by atoms with Gasteiger partial charge in [0.25, 0.3) is 11.8 Å². The van der Waals surface area contributed by atoms with Gasteiger partial charge < -0.3 is 30.2 Å². The Morgan fingerprint density at radius 1 is 1.22 bits per heavy atom. The smallest absolute Gasteiger partial charge is 0.456 e. The first-order valence-electron chi connectivity index (χ1n) is 15.6. The highest BCUT2D eigenvalue weighted by Crippen LogP contribution is 2.45. The predicted molar refractivity (Wildman–Crippen MR) is 172 cm³/mol. The number of aliphatic hydroxyl groups is 1. The lowest BCUT2D eigenvalue weighted by Gasteiger charge is -2.33. The number of carbonyl (C=O) groups excluding carboxylic acids is 2. The first-order valence-corrected chi connectivity index (χ1v) is 19.0. The van der Waals surface area contributed by atoms with Gasteiger partial charge in [0.2, 0.25) is 15.8 Å². The summed E-state index contributed by atoms with van der Waals surface area (Å²) in [6.07, 6.45) is 4.24. The number of amides is 2. The van der Waals surface area contributed by atoms with E-state index in [0.29, 0.717) is 10.8 Å². The fourth-order valence-corrected chi connectivity index (χ4v) is 8.01. The molecule has 0 spiro atoms. The SMILES string of the molecule is CNC(=O)c1c(-c2ccc(F)cc2)oc2c1=CC(C1CC1)C(N(CCOP(=O)(O)OC[C@@H]1C[C@@H](O)[C@H](n3cnc(C(N)=O)n3)O1)S(C)(=O)=O)C=2. The molecule has 3 unspecified atom stereocenters. The molecule has 50 heavy (non-hydrogen) atoms. The lowest BCUT2D eigenvalue weighted by molar-refractivity contribution is -0.0574. The third-order valence-corrected chi connectivity index (χ3v) is 10.9. The number of phosphoric acid groups is 1. The molecule has 17 nitrogen and oxygen atoms in total. The van der Waals surface area contributed by atoms with Crippen LogP contribution in [0.3, 0.4) is 0 Å². The second-order valence-corrected chi connectivity index (χ2v) is 15.6. The number of phosphoric ester groups is 1. The number of sulfonamides is 1. The molecule has 0 bridgehead atoms. The number of benzene rings is 1. The summed E-state index contributed by atoms with van der Waals surface area (Å²) in [7, 11) is -7.19. The Kier molecular flexibility index (Phi) is 10.1. The van der Waals surface area contributed by atoms with Gasteiger partial charge in [0.15, 0.2) is 6.23 Å². The Morgan fingerprint density at radius 2 is 1.94 bits per heavy atom. The summed E-state index contributed by atoms with van der Waals surface area (Å²) in [6.45, 7) is -1.32. The molecule has 2 aliphatic carbocycles. The summed E-state index contributed by atoms with van der Waals surface area (Å²) in [5.74, 6) is -2.10. The van der Waals surface area contributed by atoms with Crippen molar-refractivity contribution in [3.63, 3.8) is 0 Å². The predicted octanol–water partition coefficient (Wildman–Crippen LogP) is -0.151. The van der Waals surface area contributed by atoms with Gasteiger partial charge in [-0.25, -0.2) is 27.0 Å². The summed E-state index contributed by atoms with van der Waals surface area (Å²) >= 11 is 0. The van der Waals surface area contributed by atoms with E-state index >= 15 is 0 Å². The molecule has 3 aromatic rings. The van der Waals surface area contributed by atoms with Crippen molar-refractivity contribution in [3.8, 4) is 11.3 Å². The molecule has 20 heteroatoms. The number of hydrogen-bond donors (Lipinski definition) is 4. The lowest BCUT2D eigenvalue weighted by Crippen LogP contribution is -2.49. The maximum Gasteiger partial charge on any atom is 0.472 e. The average Bonchev–Trinajstić information content (AvgIpc) is 3.48. The maximum atomic E-state index is 13.7. The van der Waals surface area contributed by atoms with Crippen LogP contribution in [-0.2, 0) is 28.4 Å². The molecule has 2 amide bonds. The molecule has 5 N–H and O–H groups in total. The molecule has 1 aromatic carbocycles. The zero-order valence-corrected chi connectivity index (χ0v) is 28.6. The summed E-state index contributed by atoms with van der Waals surface area (Å²) in [5.41, 5.74) is 6.10. The van der Waals surface area contributed by atoms with Crippen LogP contribution in [0.5, 0.6) is 0 Å². The Hall–Kier alpha value is -3.81. The van der Waals surface area contributed by atoms with Gasteiger partial charge in [0.1, 0.15) is 29.4 Å². The van der Waals surface area contributed by atoms with Crippen LogP contribution < -0.4 is 21.7 Å². The number of furan rings is 1. The van der Waals surface area contributed by atoms with E-state index in [4.69, 9.17) is 23.9 Å². The minimum absolute atomic E-state index is 0.00582. The van der Waals surface area contributed by atoms with E-state index in [1.807, 2.05) is 6.08 Å². The molecule has 2 aromatic heterocycles. The monoisotopic (exact) mass is 738 g/mol. The van der Waals surface area contributed by atoms with Crippen molar-refractivity contribution >= 4 is 41.8 Å². The van der Waals surface area contributed by atoms with E-state index in [2.05, 4.69) is 15.4 Å². The number of aliphatic hydroxyl groups excluding tert-OH is 1. The first-order chi connectivity index (χ1) is 23.6. The Bertz CT molecular complexity index is 2050. The molecular formula is C30H36FN6O11PS. The molecule has 1 saturated carbocycles. The van der Waals surface area contributed by atoms with Crippen molar-refractivity contribution in [1.29, 1.82) is 0 Å². The van der Waals surface area contributed by atoms with Gasteiger partial charge in [0.05, 0.1) is 37.2 Å². The topological polar surface area (TPSA) is 239 Å². The van der Waals surface area contributed by atoms with Crippen molar-refractivity contribution in [2.45, 2.75) is 43.7 Å². The summed E-state index contributed by atoms with van der Waals surface area (Å²) < 4.78 is 77.0. The van der Waals surface area contributed by atoms with Gasteiger partial charge in [-0.05, 0) is 49.1 Å². The van der Waals surface area contributed by atoms with Crippen LogP contribution in [0.2, 0.25) is 0 Å². The molecule has 0 radical (unpaired) electrons. The number of nitrogens with zero attached hydrogens (tertiary/aromatic N) is 4. The van der Waals surface area contributed by atoms with Crippen molar-refractivity contribution in [3.05, 3.63) is 58.4 Å². The number of primary amides is 1. The molecule has 2 fully saturated rings. The number of hydrogen-bond acceptors (Lipinski definition) is 12. The zero-order valence-electron chi connectivity index (χ0n) is 26.9. The van der Waals surface area contributed by atoms with Crippen molar-refractivity contribution in [1.82, 2.24) is 24.4 Å². The highest BCUT2D eigenvalue weighted by Gasteiger charge is 2.42. The van der Waals surface area contributed by atoms with E-state index in [0.717, 1.165) is 34.4 Å². The van der Waals surface area contributed by atoms with Crippen LogP contribution in [-0.4, -0.2) is 101 Å². The minimum atomic E-state index is -4.73. The van der Waals surface area contributed by atoms with Crippen molar-refractivity contribution in [2.24, 2.45) is 17.6 Å². The number of fused-ring (bicyclic) bond motifs is 1. The van der Waals surface area contributed by atoms with E-state index in [-0.39, 0.29) is 47.4 Å². The zero-order chi connectivity index (χ0) is 36.0. The van der Waals surface area contributed by atoms with Crippen LogP contribution in [0.4, 0.5) is 4.39 Å². The molecule has 6 atom stereocenters. The molecule has 3 aliphatic rings. The van der Waals surface area contributed by atoms with Gasteiger partial charge in [-0.1, -0.05) is 6.08 Å². The molecule has 1 aliphatic heterocycles. The van der Waals surface area contributed by atoms with Crippen LogP contribution in [0.15, 0.2) is 35.0 Å². The number of ether oxygens (including phenoxy) is 1. The maximum absolute atomic E-state index is 13.7. The van der Waals surface area contributed by atoms with E-state index in [1.165, 1.54) is 31.3 Å². The number of carbonyl (C=O) groups is 2. The van der Waals surface area contributed by atoms with Crippen molar-refractivity contribution < 1.29 is 55.2 Å². The molecular weight excluding hydrogens is 702 g/mol. The van der Waals surface area contributed by atoms with Gasteiger partial charge in [-0.15, -0.1) is 5.10 Å². The van der Waals surface area contributed by atoms with Gasteiger partial charge in [-0.2, -0.15) is 4.31 Å². The number of rotatable bonds is 14. The standard InChI is InChI=1S/C30H36FN6O11PS/c1-33-29(40)25-21-12-20(16-3-4-16)22(13-24(21)48-26(25)17-5-7-18(31)8-6-17)37(50(2,43)44)9-10-45-49(41,42)46-14-19-11-23(38)30(47-19)36-15-34-28(35-36)27(32)39/h5-8,12-13,15-16,19-20,22-23,30,38H,3-4,9-11,14H2,1-2H3,(H2,32,39)(H,33,40)(H,41,42)/t19-,20?,22?,23+,30+/m0/s1. The van der Waals surface area contributed by atoms with Crippen LogP contribution in [0, 0.1) is 17.7 Å². The number of nitrogens with one attached hydrogen (secondary N) is 1. The first kappa shape index (κ1) is 36.0. The summed E-state index contributed by atoms with van der Waals surface area (Å²) in [5, 5.41) is 17.3. The normalized spacial score (nSPS) is 24.6. The van der Waals surface area contributed by atoms with Gasteiger partial charge in [0, 0.05) is 36.7 Å². The van der Waals surface area contributed by atoms with E-state index < -0.39 is 73.2 Å². The largest absolute Gasteiger partial charge is 0.472 e. The third-order valence-electron chi connectivity index (χ3n) is 8.68. The molecule has 6 rings (SSSR count).